The van der Waals surface area contributed by atoms with E-state index < -0.39 is 11.2 Å². The quantitative estimate of drug-likeness (QED) is 0.655. The first-order chi connectivity index (χ1) is 8.84. The standard InChI is InChI=1S/C16H27BNO2/c1-14(2,3)11-8-9-13(18)12(10-11)17-20-16(6,7)15(4,5)19/h8-10,19H,18H2,1-7H3. The van der Waals surface area contributed by atoms with E-state index in [1.165, 1.54) is 5.56 Å². The van der Waals surface area contributed by atoms with Crippen LogP contribution in [0.25, 0.3) is 0 Å². The molecule has 4 heteroatoms. The van der Waals surface area contributed by atoms with Gasteiger partial charge in [0.25, 0.3) is 0 Å². The number of nitrogens with two attached hydrogens (primary N) is 1. The van der Waals surface area contributed by atoms with Crippen molar-refractivity contribution < 1.29 is 9.76 Å². The summed E-state index contributed by atoms with van der Waals surface area (Å²) in [6.07, 6.45) is 0. The normalized spacial score (nSPS) is 13.4. The molecule has 1 aromatic carbocycles. The van der Waals surface area contributed by atoms with E-state index in [1.54, 1.807) is 21.3 Å². The minimum Gasteiger partial charge on any atom is -0.427 e. The zero-order valence-electron chi connectivity index (χ0n) is 13.7. The van der Waals surface area contributed by atoms with Gasteiger partial charge in [-0.15, -0.1) is 0 Å². The Hall–Kier alpha value is -0.995. The Labute approximate surface area is 123 Å². The summed E-state index contributed by atoms with van der Waals surface area (Å²) in [5.74, 6) is 0. The zero-order valence-corrected chi connectivity index (χ0v) is 13.7. The Balaban J connectivity index is 2.94. The summed E-state index contributed by atoms with van der Waals surface area (Å²) in [7, 11) is 1.64. The van der Waals surface area contributed by atoms with Crippen LogP contribution in [0.5, 0.6) is 0 Å². The smallest absolute Gasteiger partial charge is 0.333 e. The van der Waals surface area contributed by atoms with Crippen molar-refractivity contribution in [1.29, 1.82) is 0 Å². The molecule has 0 saturated heterocycles. The third-order valence-electron chi connectivity index (χ3n) is 3.91. The highest BCUT2D eigenvalue weighted by atomic mass is 16.5. The maximum absolute atomic E-state index is 10.1. The number of nitrogen functional groups attached to an aromatic ring is 1. The van der Waals surface area contributed by atoms with Crippen molar-refractivity contribution in [3.05, 3.63) is 23.8 Å². The van der Waals surface area contributed by atoms with E-state index in [-0.39, 0.29) is 5.41 Å². The first-order valence-electron chi connectivity index (χ1n) is 6.98. The molecule has 0 amide bonds. The van der Waals surface area contributed by atoms with Gasteiger partial charge in [-0.05, 0) is 50.2 Å². The predicted molar refractivity (Wildman–Crippen MR) is 86.4 cm³/mol. The van der Waals surface area contributed by atoms with Crippen LogP contribution in [0.3, 0.4) is 0 Å². The molecule has 0 fully saturated rings. The molecule has 111 valence electrons. The summed E-state index contributed by atoms with van der Waals surface area (Å²) in [6.45, 7) is 13.6. The van der Waals surface area contributed by atoms with Gasteiger partial charge in [-0.3, -0.25) is 0 Å². The molecule has 1 rings (SSSR count). The van der Waals surface area contributed by atoms with Crippen LogP contribution in [0.4, 0.5) is 5.69 Å². The van der Waals surface area contributed by atoms with Crippen LogP contribution in [0.1, 0.15) is 54.0 Å². The molecule has 0 atom stereocenters. The molecule has 0 aliphatic carbocycles. The van der Waals surface area contributed by atoms with Crippen LogP contribution in [-0.4, -0.2) is 23.8 Å². The molecule has 0 aliphatic rings. The second-order valence-corrected chi connectivity index (χ2v) is 7.40. The van der Waals surface area contributed by atoms with Crippen LogP contribution in [0.15, 0.2) is 18.2 Å². The molecule has 1 radical (unpaired) electrons. The molecule has 1 aromatic rings. The van der Waals surface area contributed by atoms with Gasteiger partial charge in [0, 0.05) is 5.69 Å². The fourth-order valence-corrected chi connectivity index (χ4v) is 1.50. The van der Waals surface area contributed by atoms with Crippen molar-refractivity contribution in [3.8, 4) is 0 Å². The molecule has 0 saturated carbocycles. The van der Waals surface area contributed by atoms with Crippen LogP contribution >= 0.6 is 0 Å². The van der Waals surface area contributed by atoms with E-state index in [1.807, 2.05) is 32.0 Å². The van der Waals surface area contributed by atoms with E-state index >= 15 is 0 Å². The highest BCUT2D eigenvalue weighted by Crippen LogP contribution is 2.25. The van der Waals surface area contributed by atoms with Crippen molar-refractivity contribution in [3.63, 3.8) is 0 Å². The van der Waals surface area contributed by atoms with Crippen molar-refractivity contribution in [1.82, 2.24) is 0 Å². The Bertz CT molecular complexity index is 470. The Morgan fingerprint density at radius 3 is 2.05 bits per heavy atom. The second kappa shape index (κ2) is 5.42. The number of aliphatic hydroxyl groups is 1. The summed E-state index contributed by atoms with van der Waals surface area (Å²) in [5, 5.41) is 10.1. The molecule has 0 unspecified atom stereocenters. The van der Waals surface area contributed by atoms with E-state index in [4.69, 9.17) is 10.4 Å². The number of hydrogen-bond donors (Lipinski definition) is 2. The number of hydrogen-bond acceptors (Lipinski definition) is 3. The van der Waals surface area contributed by atoms with Gasteiger partial charge in [0.1, 0.15) is 0 Å². The zero-order chi connectivity index (χ0) is 15.8. The maximum Gasteiger partial charge on any atom is 0.333 e. The maximum atomic E-state index is 10.1. The Morgan fingerprint density at radius 1 is 1.05 bits per heavy atom. The Morgan fingerprint density at radius 2 is 1.60 bits per heavy atom. The summed E-state index contributed by atoms with van der Waals surface area (Å²) in [5.41, 5.74) is 7.12. The van der Waals surface area contributed by atoms with Gasteiger partial charge < -0.3 is 15.5 Å². The van der Waals surface area contributed by atoms with Crippen LogP contribution in [0.2, 0.25) is 0 Å². The van der Waals surface area contributed by atoms with Gasteiger partial charge in [-0.25, -0.2) is 0 Å². The summed E-state index contributed by atoms with van der Waals surface area (Å²) >= 11 is 0. The van der Waals surface area contributed by atoms with Crippen LogP contribution in [0, 0.1) is 0 Å². The lowest BCUT2D eigenvalue weighted by Gasteiger charge is -2.37. The molecule has 0 aromatic heterocycles. The van der Waals surface area contributed by atoms with Crippen LogP contribution in [-0.2, 0) is 10.1 Å². The molecule has 0 heterocycles. The Kier molecular flexibility index (Phi) is 4.62. The topological polar surface area (TPSA) is 55.5 Å². The monoisotopic (exact) mass is 276 g/mol. The van der Waals surface area contributed by atoms with E-state index in [2.05, 4.69) is 20.8 Å². The minimum absolute atomic E-state index is 0.0576. The van der Waals surface area contributed by atoms with Crippen molar-refractivity contribution in [2.45, 2.75) is 65.1 Å². The second-order valence-electron chi connectivity index (χ2n) is 7.40. The largest absolute Gasteiger partial charge is 0.427 e. The molecule has 0 spiro atoms. The number of rotatable bonds is 4. The van der Waals surface area contributed by atoms with Gasteiger partial charge in [0.2, 0.25) is 0 Å². The predicted octanol–water partition coefficient (Wildman–Crippen LogP) is 2.38. The summed E-state index contributed by atoms with van der Waals surface area (Å²) in [4.78, 5) is 0. The van der Waals surface area contributed by atoms with Crippen molar-refractivity contribution in [2.75, 3.05) is 5.73 Å². The summed E-state index contributed by atoms with van der Waals surface area (Å²) in [6, 6.07) is 5.97. The fraction of sp³-hybridized carbons (Fsp3) is 0.625. The molecular formula is C16H27BNO2. The third-order valence-corrected chi connectivity index (χ3v) is 3.91. The first-order valence-corrected chi connectivity index (χ1v) is 6.98. The van der Waals surface area contributed by atoms with Crippen LogP contribution < -0.4 is 11.2 Å². The lowest BCUT2D eigenvalue weighted by molar-refractivity contribution is -0.0893. The average Bonchev–Trinajstić information content (AvgIpc) is 2.24. The first kappa shape index (κ1) is 17.1. The van der Waals surface area contributed by atoms with E-state index in [0.717, 1.165) is 5.46 Å². The van der Waals surface area contributed by atoms with E-state index in [0.29, 0.717) is 5.69 Å². The average molecular weight is 276 g/mol. The van der Waals surface area contributed by atoms with Gasteiger partial charge in [0.05, 0.1) is 11.2 Å². The highest BCUT2D eigenvalue weighted by Gasteiger charge is 2.35. The lowest BCUT2D eigenvalue weighted by atomic mass is 9.78. The molecule has 3 nitrogen and oxygen atoms in total. The van der Waals surface area contributed by atoms with Crippen molar-refractivity contribution in [2.24, 2.45) is 0 Å². The lowest BCUT2D eigenvalue weighted by Crippen LogP contribution is -2.49. The fourth-order valence-electron chi connectivity index (χ4n) is 1.50. The van der Waals surface area contributed by atoms with Gasteiger partial charge in [0.15, 0.2) is 0 Å². The minimum atomic E-state index is -0.945. The molecule has 3 N–H and O–H groups in total. The SMILES string of the molecule is CC(C)(C)c1ccc(N)c([B]OC(C)(C)C(C)(C)O)c1. The molecule has 0 aliphatic heterocycles. The van der Waals surface area contributed by atoms with E-state index in [9.17, 15) is 5.11 Å². The summed E-state index contributed by atoms with van der Waals surface area (Å²) < 4.78 is 5.77. The number of benzene rings is 1. The third kappa shape index (κ3) is 4.00. The number of anilines is 1. The van der Waals surface area contributed by atoms with Crippen molar-refractivity contribution >= 4 is 18.6 Å². The molecule has 20 heavy (non-hydrogen) atoms. The van der Waals surface area contributed by atoms with Gasteiger partial charge in [-0.1, -0.05) is 32.9 Å². The highest BCUT2D eigenvalue weighted by molar-refractivity contribution is 6.49. The molecule has 0 bridgehead atoms. The van der Waals surface area contributed by atoms with Gasteiger partial charge >= 0.3 is 7.48 Å². The van der Waals surface area contributed by atoms with Gasteiger partial charge in [-0.2, -0.15) is 0 Å². The molecular weight excluding hydrogens is 249 g/mol.